The van der Waals surface area contributed by atoms with Crippen LogP contribution < -0.4 is 0 Å². The van der Waals surface area contributed by atoms with Crippen molar-refractivity contribution in [2.24, 2.45) is 7.05 Å². The van der Waals surface area contributed by atoms with Gasteiger partial charge in [0, 0.05) is 7.05 Å². The first kappa shape index (κ1) is 14.8. The van der Waals surface area contributed by atoms with Gasteiger partial charge in [-0.3, -0.25) is 19.6 Å². The highest BCUT2D eigenvalue weighted by atomic mass is 19.1. The van der Waals surface area contributed by atoms with Crippen LogP contribution in [0, 0.1) is 15.9 Å². The number of hydrogen-bond donors (Lipinski definition) is 0. The molecule has 0 bridgehead atoms. The van der Waals surface area contributed by atoms with Gasteiger partial charge in [-0.25, -0.2) is 4.39 Å². The van der Waals surface area contributed by atoms with Crippen LogP contribution in [0.25, 0.3) is 0 Å². The van der Waals surface area contributed by atoms with E-state index in [1.165, 1.54) is 25.2 Å². The van der Waals surface area contributed by atoms with Gasteiger partial charge in [0.2, 0.25) is 5.78 Å². The first-order valence-electron chi connectivity index (χ1n) is 6.46. The molecule has 1 aromatic heterocycles. The molecule has 0 radical (unpaired) electrons. The van der Waals surface area contributed by atoms with Crippen molar-refractivity contribution in [1.82, 2.24) is 9.78 Å². The van der Waals surface area contributed by atoms with Gasteiger partial charge in [-0.2, -0.15) is 5.10 Å². The minimum Gasteiger partial charge on any atom is -0.286 e. The predicted molar refractivity (Wildman–Crippen MR) is 73.7 cm³/mol. The maximum Gasteiger partial charge on any atom is 0.321 e. The Bertz CT molecular complexity index is 709. The average Bonchev–Trinajstić information content (AvgIpc) is 2.75. The standard InChI is InChI=1S/C14H14FN3O3/c1-3-6-11-12(18(20)21)13(17(2)16-11)14(19)9-7-4-5-8-10(9)15/h4-5,7-8H,3,6H2,1-2H3. The fourth-order valence-electron chi connectivity index (χ4n) is 2.19. The van der Waals surface area contributed by atoms with Gasteiger partial charge in [-0.15, -0.1) is 0 Å². The quantitative estimate of drug-likeness (QED) is 0.482. The molecule has 2 rings (SSSR count). The Hall–Kier alpha value is -2.57. The second kappa shape index (κ2) is 5.82. The molecule has 1 heterocycles. The summed E-state index contributed by atoms with van der Waals surface area (Å²) in [6, 6.07) is 5.40. The van der Waals surface area contributed by atoms with Crippen molar-refractivity contribution in [3.8, 4) is 0 Å². The monoisotopic (exact) mass is 291 g/mol. The van der Waals surface area contributed by atoms with Gasteiger partial charge in [0.15, 0.2) is 5.69 Å². The summed E-state index contributed by atoms with van der Waals surface area (Å²) < 4.78 is 14.9. The zero-order valence-corrected chi connectivity index (χ0v) is 11.7. The average molecular weight is 291 g/mol. The highest BCUT2D eigenvalue weighted by Crippen LogP contribution is 2.27. The molecule has 0 aliphatic carbocycles. The fraction of sp³-hybridized carbons (Fsp3) is 0.286. The lowest BCUT2D eigenvalue weighted by molar-refractivity contribution is -0.385. The SMILES string of the molecule is CCCc1nn(C)c(C(=O)c2ccccc2F)c1[N+](=O)[O-]. The highest BCUT2D eigenvalue weighted by Gasteiger charge is 2.32. The number of nitro groups is 1. The largest absolute Gasteiger partial charge is 0.321 e. The van der Waals surface area contributed by atoms with Crippen LogP contribution in [0.5, 0.6) is 0 Å². The minimum atomic E-state index is -0.739. The number of carbonyl (C=O) groups is 1. The molecule has 6 nitrogen and oxygen atoms in total. The number of benzene rings is 1. The molecule has 1 aromatic carbocycles. The van der Waals surface area contributed by atoms with E-state index >= 15 is 0 Å². The van der Waals surface area contributed by atoms with Crippen molar-refractivity contribution >= 4 is 11.5 Å². The van der Waals surface area contributed by atoms with Crippen LogP contribution in [-0.4, -0.2) is 20.5 Å². The second-order valence-electron chi connectivity index (χ2n) is 4.58. The van der Waals surface area contributed by atoms with E-state index in [2.05, 4.69) is 5.10 Å². The lowest BCUT2D eigenvalue weighted by Gasteiger charge is -2.02. The van der Waals surface area contributed by atoms with E-state index in [9.17, 15) is 19.3 Å². The Morgan fingerprint density at radius 3 is 2.67 bits per heavy atom. The number of nitrogens with zero attached hydrogens (tertiary/aromatic N) is 3. The number of halogens is 1. The third-order valence-electron chi connectivity index (χ3n) is 3.09. The van der Waals surface area contributed by atoms with Crippen LogP contribution in [0.4, 0.5) is 10.1 Å². The summed E-state index contributed by atoms with van der Waals surface area (Å²) in [6.07, 6.45) is 1.04. The number of aromatic nitrogens is 2. The zero-order chi connectivity index (χ0) is 15.6. The van der Waals surface area contributed by atoms with E-state index in [0.29, 0.717) is 12.8 Å². The summed E-state index contributed by atoms with van der Waals surface area (Å²) in [5.41, 5.74) is -0.502. The molecule has 0 aliphatic rings. The van der Waals surface area contributed by atoms with Gasteiger partial charge in [-0.05, 0) is 18.6 Å². The molecule has 0 N–H and O–H groups in total. The molecule has 0 unspecified atom stereocenters. The van der Waals surface area contributed by atoms with E-state index in [-0.39, 0.29) is 22.6 Å². The molecule has 2 aromatic rings. The van der Waals surface area contributed by atoms with Gasteiger partial charge in [0.25, 0.3) is 0 Å². The number of hydrogen-bond acceptors (Lipinski definition) is 4. The molecular weight excluding hydrogens is 277 g/mol. The summed E-state index contributed by atoms with van der Waals surface area (Å²) >= 11 is 0. The summed E-state index contributed by atoms with van der Waals surface area (Å²) in [5, 5.41) is 15.3. The molecule has 0 saturated heterocycles. The smallest absolute Gasteiger partial charge is 0.286 e. The predicted octanol–water partition coefficient (Wildman–Crippen LogP) is 2.65. The van der Waals surface area contributed by atoms with Gasteiger partial charge in [0.1, 0.15) is 11.5 Å². The van der Waals surface area contributed by atoms with Crippen LogP contribution in [0.3, 0.4) is 0 Å². The van der Waals surface area contributed by atoms with Gasteiger partial charge in [0.05, 0.1) is 10.5 Å². The number of ketones is 1. The van der Waals surface area contributed by atoms with Crippen molar-refractivity contribution in [3.05, 3.63) is 57.1 Å². The number of aryl methyl sites for hydroxylation is 2. The van der Waals surface area contributed by atoms with Crippen molar-refractivity contribution in [1.29, 1.82) is 0 Å². The van der Waals surface area contributed by atoms with Gasteiger partial charge < -0.3 is 0 Å². The first-order valence-corrected chi connectivity index (χ1v) is 6.46. The third-order valence-corrected chi connectivity index (χ3v) is 3.09. The van der Waals surface area contributed by atoms with Crippen LogP contribution in [0.15, 0.2) is 24.3 Å². The minimum absolute atomic E-state index is 0.200. The molecule has 0 amide bonds. The summed E-state index contributed by atoms with van der Waals surface area (Å²) in [4.78, 5) is 23.1. The molecular formula is C14H14FN3O3. The lowest BCUT2D eigenvalue weighted by atomic mass is 10.1. The summed E-state index contributed by atoms with van der Waals surface area (Å²) in [6.45, 7) is 1.86. The van der Waals surface area contributed by atoms with E-state index in [0.717, 1.165) is 10.7 Å². The molecule has 0 aliphatic heterocycles. The fourth-order valence-corrected chi connectivity index (χ4v) is 2.19. The first-order chi connectivity index (χ1) is 9.97. The van der Waals surface area contributed by atoms with Crippen molar-refractivity contribution in [2.75, 3.05) is 0 Å². The Kier molecular flexibility index (Phi) is 4.11. The highest BCUT2D eigenvalue weighted by molar-refractivity contribution is 6.10. The topological polar surface area (TPSA) is 78.0 Å². The summed E-state index contributed by atoms with van der Waals surface area (Å²) in [5.74, 6) is -1.45. The van der Waals surface area contributed by atoms with E-state index in [1.54, 1.807) is 0 Å². The molecule has 0 fully saturated rings. The van der Waals surface area contributed by atoms with Crippen molar-refractivity contribution in [2.45, 2.75) is 19.8 Å². The zero-order valence-electron chi connectivity index (χ0n) is 11.7. The molecule has 7 heteroatoms. The maximum atomic E-state index is 13.7. The lowest BCUT2D eigenvalue weighted by Crippen LogP contribution is -2.12. The Labute approximate surface area is 120 Å². The van der Waals surface area contributed by atoms with E-state index in [4.69, 9.17) is 0 Å². The second-order valence-corrected chi connectivity index (χ2v) is 4.58. The number of carbonyl (C=O) groups excluding carboxylic acids is 1. The van der Waals surface area contributed by atoms with Crippen LogP contribution in [-0.2, 0) is 13.5 Å². The Morgan fingerprint density at radius 1 is 1.43 bits per heavy atom. The van der Waals surface area contributed by atoms with Crippen LogP contribution >= 0.6 is 0 Å². The van der Waals surface area contributed by atoms with Crippen molar-refractivity contribution < 1.29 is 14.1 Å². The van der Waals surface area contributed by atoms with E-state index < -0.39 is 16.5 Å². The maximum absolute atomic E-state index is 13.7. The number of rotatable bonds is 5. The molecule has 0 spiro atoms. The van der Waals surface area contributed by atoms with Gasteiger partial charge >= 0.3 is 5.69 Å². The summed E-state index contributed by atoms with van der Waals surface area (Å²) in [7, 11) is 1.44. The third kappa shape index (κ3) is 2.67. The van der Waals surface area contributed by atoms with Gasteiger partial charge in [-0.1, -0.05) is 25.5 Å². The Morgan fingerprint density at radius 2 is 2.10 bits per heavy atom. The molecule has 0 atom stereocenters. The van der Waals surface area contributed by atoms with Crippen LogP contribution in [0.1, 0.15) is 35.1 Å². The molecule has 21 heavy (non-hydrogen) atoms. The van der Waals surface area contributed by atoms with E-state index in [1.807, 2.05) is 6.92 Å². The van der Waals surface area contributed by atoms with Crippen LogP contribution in [0.2, 0.25) is 0 Å². The normalized spacial score (nSPS) is 10.6. The molecule has 0 saturated carbocycles. The van der Waals surface area contributed by atoms with Crippen molar-refractivity contribution in [3.63, 3.8) is 0 Å². The molecule has 110 valence electrons. The Balaban J connectivity index is 2.61.